The molecule has 0 saturated carbocycles. The van der Waals surface area contributed by atoms with E-state index in [9.17, 15) is 0 Å². The molecule has 2 rings (SSSR count). The molecule has 0 aliphatic carbocycles. The Kier molecular flexibility index (Phi) is 2.60. The summed E-state index contributed by atoms with van der Waals surface area (Å²) in [6.45, 7) is 6.06. The van der Waals surface area contributed by atoms with Gasteiger partial charge in [-0.05, 0) is 6.42 Å². The van der Waals surface area contributed by atoms with Gasteiger partial charge in [0, 0.05) is 11.1 Å². The minimum absolute atomic E-state index is 1.22. The second kappa shape index (κ2) is 3.74. The van der Waals surface area contributed by atoms with Gasteiger partial charge in [0.2, 0.25) is 0 Å². The van der Waals surface area contributed by atoms with Gasteiger partial charge in [0.15, 0.2) is 0 Å². The molecule has 0 amide bonds. The number of hydrogen-bond donors (Lipinski definition) is 0. The predicted molar refractivity (Wildman–Crippen MR) is 59.8 cm³/mol. The van der Waals surface area contributed by atoms with Crippen LogP contribution in [0, 0.1) is 0 Å². The minimum atomic E-state index is 1.22. The molecule has 0 atom stereocenters. The van der Waals surface area contributed by atoms with Gasteiger partial charge in [-0.15, -0.1) is 0 Å². The van der Waals surface area contributed by atoms with Gasteiger partial charge in [0.25, 0.3) is 0 Å². The highest BCUT2D eigenvalue weighted by atomic mass is 15.3. The van der Waals surface area contributed by atoms with Crippen molar-refractivity contribution in [1.29, 1.82) is 0 Å². The summed E-state index contributed by atoms with van der Waals surface area (Å²) in [6.07, 6.45) is 2.66. The molecule has 1 aromatic carbocycles. The summed E-state index contributed by atoms with van der Waals surface area (Å²) in [6, 6.07) is 8.89. The lowest BCUT2D eigenvalue weighted by atomic mass is 10.1. The first-order valence-electron chi connectivity index (χ1n) is 5.64. The zero-order valence-corrected chi connectivity index (χ0v) is 9.29. The van der Waals surface area contributed by atoms with Gasteiger partial charge < -0.3 is 4.48 Å². The quantitative estimate of drug-likeness (QED) is 0.643. The maximum absolute atomic E-state index is 2.38. The Bertz CT molecular complexity index is 292. The average molecular weight is 190 g/mol. The fourth-order valence-corrected chi connectivity index (χ4v) is 2.44. The molecule has 1 nitrogen and oxygen atoms in total. The standard InChI is InChI=1S/C13H20N/c1-3-4-9-14(2)10-12-7-5-6-8-13(12)11-14/h5-8H,3-4,9-11H2,1-2H3/q+1. The number of benzene rings is 1. The molecule has 0 saturated heterocycles. The fraction of sp³-hybridized carbons (Fsp3) is 0.538. The Morgan fingerprint density at radius 1 is 1.14 bits per heavy atom. The molecule has 1 aromatic rings. The van der Waals surface area contributed by atoms with Gasteiger partial charge in [-0.1, -0.05) is 37.6 Å². The lowest BCUT2D eigenvalue weighted by Crippen LogP contribution is -2.38. The Hall–Kier alpha value is -0.820. The van der Waals surface area contributed by atoms with E-state index < -0.39 is 0 Å². The van der Waals surface area contributed by atoms with Gasteiger partial charge >= 0.3 is 0 Å². The molecular weight excluding hydrogens is 170 g/mol. The van der Waals surface area contributed by atoms with Crippen LogP contribution in [0.25, 0.3) is 0 Å². The van der Waals surface area contributed by atoms with Crippen LogP contribution in [0.4, 0.5) is 0 Å². The van der Waals surface area contributed by atoms with Gasteiger partial charge in [-0.25, -0.2) is 0 Å². The van der Waals surface area contributed by atoms with Crippen molar-refractivity contribution in [1.82, 2.24) is 0 Å². The molecule has 76 valence electrons. The Balaban J connectivity index is 2.09. The summed E-state index contributed by atoms with van der Waals surface area (Å²) in [5.41, 5.74) is 3.12. The molecule has 0 spiro atoms. The van der Waals surface area contributed by atoms with Crippen LogP contribution in [0.15, 0.2) is 24.3 Å². The predicted octanol–water partition coefficient (Wildman–Crippen LogP) is 2.95. The fourth-order valence-electron chi connectivity index (χ4n) is 2.44. The molecule has 0 N–H and O–H groups in total. The third-order valence-corrected chi connectivity index (χ3v) is 3.27. The van der Waals surface area contributed by atoms with E-state index in [4.69, 9.17) is 0 Å². The number of rotatable bonds is 3. The van der Waals surface area contributed by atoms with Crippen molar-refractivity contribution < 1.29 is 4.48 Å². The van der Waals surface area contributed by atoms with Crippen LogP contribution in [0.2, 0.25) is 0 Å². The lowest BCUT2D eigenvalue weighted by molar-refractivity contribution is -0.929. The Morgan fingerprint density at radius 3 is 2.21 bits per heavy atom. The summed E-state index contributed by atoms with van der Waals surface area (Å²) in [5, 5.41) is 0. The lowest BCUT2D eigenvalue weighted by Gasteiger charge is -2.29. The molecule has 0 bridgehead atoms. The second-order valence-corrected chi connectivity index (χ2v) is 4.78. The van der Waals surface area contributed by atoms with Crippen LogP contribution in [0.1, 0.15) is 30.9 Å². The van der Waals surface area contributed by atoms with Crippen molar-refractivity contribution >= 4 is 0 Å². The monoisotopic (exact) mass is 190 g/mol. The Labute approximate surface area is 86.9 Å². The molecule has 0 fully saturated rings. The molecule has 1 aliphatic heterocycles. The van der Waals surface area contributed by atoms with Crippen molar-refractivity contribution in [2.45, 2.75) is 32.9 Å². The van der Waals surface area contributed by atoms with Crippen LogP contribution < -0.4 is 0 Å². The molecule has 0 aromatic heterocycles. The summed E-state index contributed by atoms with van der Waals surface area (Å²) < 4.78 is 1.22. The van der Waals surface area contributed by atoms with Gasteiger partial charge in [0.05, 0.1) is 13.6 Å². The number of hydrogen-bond acceptors (Lipinski definition) is 0. The van der Waals surface area contributed by atoms with Crippen LogP contribution in [-0.2, 0) is 13.1 Å². The van der Waals surface area contributed by atoms with Gasteiger partial charge in [0.1, 0.15) is 13.1 Å². The highest BCUT2D eigenvalue weighted by Crippen LogP contribution is 2.28. The van der Waals surface area contributed by atoms with Gasteiger partial charge in [-0.2, -0.15) is 0 Å². The highest BCUT2D eigenvalue weighted by molar-refractivity contribution is 5.27. The van der Waals surface area contributed by atoms with Crippen LogP contribution >= 0.6 is 0 Å². The van der Waals surface area contributed by atoms with E-state index in [1.807, 2.05) is 0 Å². The topological polar surface area (TPSA) is 0 Å². The van der Waals surface area contributed by atoms with Crippen LogP contribution in [0.3, 0.4) is 0 Å². The van der Waals surface area contributed by atoms with Crippen molar-refractivity contribution in [3.05, 3.63) is 35.4 Å². The van der Waals surface area contributed by atoms with E-state index >= 15 is 0 Å². The third kappa shape index (κ3) is 1.83. The van der Waals surface area contributed by atoms with Gasteiger partial charge in [-0.3, -0.25) is 0 Å². The first kappa shape index (κ1) is 9.72. The number of nitrogens with zero attached hydrogens (tertiary/aromatic N) is 1. The molecule has 1 heterocycles. The largest absolute Gasteiger partial charge is 0.319 e. The zero-order valence-electron chi connectivity index (χ0n) is 9.29. The van der Waals surface area contributed by atoms with E-state index in [-0.39, 0.29) is 0 Å². The first-order chi connectivity index (χ1) is 6.73. The summed E-state index contributed by atoms with van der Waals surface area (Å²) in [4.78, 5) is 0. The minimum Gasteiger partial charge on any atom is -0.319 e. The third-order valence-electron chi connectivity index (χ3n) is 3.27. The zero-order chi connectivity index (χ0) is 10.0. The maximum Gasteiger partial charge on any atom is 0.105 e. The van der Waals surface area contributed by atoms with Crippen LogP contribution in [0.5, 0.6) is 0 Å². The maximum atomic E-state index is 2.38. The van der Waals surface area contributed by atoms with Crippen molar-refractivity contribution in [3.63, 3.8) is 0 Å². The molecule has 1 aliphatic rings. The number of fused-ring (bicyclic) bond motifs is 1. The SMILES string of the molecule is CCCC[N+]1(C)Cc2ccccc2C1. The summed E-state index contributed by atoms with van der Waals surface area (Å²) in [5.74, 6) is 0. The number of unbranched alkanes of at least 4 members (excludes halogenated alkanes) is 1. The van der Waals surface area contributed by atoms with E-state index in [0.29, 0.717) is 0 Å². The molecule has 1 heteroatoms. The van der Waals surface area contributed by atoms with E-state index in [2.05, 4.69) is 38.2 Å². The summed E-state index contributed by atoms with van der Waals surface area (Å²) in [7, 11) is 2.38. The molecule has 14 heavy (non-hydrogen) atoms. The normalized spacial score (nSPS) is 18.1. The van der Waals surface area contributed by atoms with E-state index in [1.54, 1.807) is 11.1 Å². The van der Waals surface area contributed by atoms with E-state index in [1.165, 1.54) is 37.0 Å². The highest BCUT2D eigenvalue weighted by Gasteiger charge is 2.30. The van der Waals surface area contributed by atoms with E-state index in [0.717, 1.165) is 0 Å². The Morgan fingerprint density at radius 2 is 1.71 bits per heavy atom. The molecule has 0 unspecified atom stereocenters. The van der Waals surface area contributed by atoms with Crippen molar-refractivity contribution in [2.24, 2.45) is 0 Å². The second-order valence-electron chi connectivity index (χ2n) is 4.78. The van der Waals surface area contributed by atoms with Crippen molar-refractivity contribution in [2.75, 3.05) is 13.6 Å². The average Bonchev–Trinajstić information content (AvgIpc) is 2.51. The van der Waals surface area contributed by atoms with Crippen molar-refractivity contribution in [3.8, 4) is 0 Å². The smallest absolute Gasteiger partial charge is 0.105 e. The first-order valence-corrected chi connectivity index (χ1v) is 5.64. The molecule has 0 radical (unpaired) electrons. The number of quaternary nitrogens is 1. The molecular formula is C13H20N+. The van der Waals surface area contributed by atoms with Crippen LogP contribution in [-0.4, -0.2) is 18.1 Å². The summed E-state index contributed by atoms with van der Waals surface area (Å²) >= 11 is 0.